The number of benzene rings is 1. The molecular weight excluding hydrogens is 268 g/mol. The zero-order valence-corrected chi connectivity index (χ0v) is 12.3. The lowest BCUT2D eigenvalue weighted by molar-refractivity contribution is 0.0934. The molecule has 0 aliphatic heterocycles. The van der Waals surface area contributed by atoms with Gasteiger partial charge in [-0.3, -0.25) is 9.89 Å². The Bertz CT molecular complexity index is 592. The van der Waals surface area contributed by atoms with Crippen LogP contribution in [0.1, 0.15) is 36.5 Å². The van der Waals surface area contributed by atoms with Gasteiger partial charge in [-0.2, -0.15) is 5.10 Å². The van der Waals surface area contributed by atoms with Gasteiger partial charge in [0.2, 0.25) is 0 Å². The SMILES string of the molecule is CCc1nc(-c2ccc(C(=O)N[C@H](C)CCO)cc2)n[nH]1. The largest absolute Gasteiger partial charge is 0.396 e. The van der Waals surface area contributed by atoms with Crippen molar-refractivity contribution in [2.45, 2.75) is 32.7 Å². The molecule has 2 rings (SSSR count). The van der Waals surface area contributed by atoms with Crippen molar-refractivity contribution in [3.05, 3.63) is 35.7 Å². The van der Waals surface area contributed by atoms with Gasteiger partial charge in [0.25, 0.3) is 5.91 Å². The minimum absolute atomic E-state index is 0.0534. The molecule has 0 bridgehead atoms. The van der Waals surface area contributed by atoms with Crippen molar-refractivity contribution in [1.29, 1.82) is 0 Å². The second kappa shape index (κ2) is 6.99. The van der Waals surface area contributed by atoms with Gasteiger partial charge in [-0.1, -0.05) is 19.1 Å². The summed E-state index contributed by atoms with van der Waals surface area (Å²) in [6.07, 6.45) is 1.34. The number of hydrogen-bond donors (Lipinski definition) is 3. The van der Waals surface area contributed by atoms with E-state index in [1.165, 1.54) is 0 Å². The molecule has 0 saturated heterocycles. The monoisotopic (exact) mass is 288 g/mol. The number of aromatic amines is 1. The van der Waals surface area contributed by atoms with Crippen molar-refractivity contribution in [1.82, 2.24) is 20.5 Å². The van der Waals surface area contributed by atoms with Crippen molar-refractivity contribution in [3.63, 3.8) is 0 Å². The molecule has 0 saturated carbocycles. The highest BCUT2D eigenvalue weighted by Gasteiger charge is 2.10. The third-order valence-corrected chi connectivity index (χ3v) is 3.21. The van der Waals surface area contributed by atoms with Crippen molar-refractivity contribution >= 4 is 5.91 Å². The van der Waals surface area contributed by atoms with E-state index in [9.17, 15) is 4.79 Å². The number of rotatable bonds is 6. The van der Waals surface area contributed by atoms with E-state index in [0.29, 0.717) is 17.8 Å². The summed E-state index contributed by atoms with van der Waals surface area (Å²) < 4.78 is 0. The number of carbonyl (C=O) groups is 1. The summed E-state index contributed by atoms with van der Waals surface area (Å²) in [6, 6.07) is 7.10. The van der Waals surface area contributed by atoms with Gasteiger partial charge >= 0.3 is 0 Å². The lowest BCUT2D eigenvalue weighted by atomic mass is 10.1. The lowest BCUT2D eigenvalue weighted by Crippen LogP contribution is -2.33. The maximum Gasteiger partial charge on any atom is 0.251 e. The van der Waals surface area contributed by atoms with Gasteiger partial charge in [-0.15, -0.1) is 0 Å². The Morgan fingerprint density at radius 1 is 1.38 bits per heavy atom. The topological polar surface area (TPSA) is 90.9 Å². The molecule has 1 heterocycles. The molecule has 1 aromatic carbocycles. The average molecular weight is 288 g/mol. The first kappa shape index (κ1) is 15.2. The van der Waals surface area contributed by atoms with Gasteiger partial charge in [0.1, 0.15) is 5.82 Å². The zero-order chi connectivity index (χ0) is 15.2. The van der Waals surface area contributed by atoms with E-state index in [-0.39, 0.29) is 18.6 Å². The molecule has 112 valence electrons. The Balaban J connectivity index is 2.06. The predicted molar refractivity (Wildman–Crippen MR) is 79.8 cm³/mol. The van der Waals surface area contributed by atoms with Crippen molar-refractivity contribution in [3.8, 4) is 11.4 Å². The third kappa shape index (κ3) is 3.88. The Morgan fingerprint density at radius 3 is 2.67 bits per heavy atom. The normalized spacial score (nSPS) is 12.1. The van der Waals surface area contributed by atoms with Gasteiger partial charge in [-0.25, -0.2) is 4.98 Å². The van der Waals surface area contributed by atoms with Crippen LogP contribution in [0.25, 0.3) is 11.4 Å². The van der Waals surface area contributed by atoms with E-state index in [4.69, 9.17) is 5.11 Å². The van der Waals surface area contributed by atoms with Crippen molar-refractivity contribution < 1.29 is 9.90 Å². The number of carbonyl (C=O) groups excluding carboxylic acids is 1. The van der Waals surface area contributed by atoms with Crippen molar-refractivity contribution in [2.24, 2.45) is 0 Å². The molecule has 6 heteroatoms. The van der Waals surface area contributed by atoms with Crippen LogP contribution in [0.5, 0.6) is 0 Å². The molecule has 21 heavy (non-hydrogen) atoms. The smallest absolute Gasteiger partial charge is 0.251 e. The first-order chi connectivity index (χ1) is 10.1. The van der Waals surface area contributed by atoms with Crippen molar-refractivity contribution in [2.75, 3.05) is 6.61 Å². The second-order valence-electron chi connectivity index (χ2n) is 4.92. The summed E-state index contributed by atoms with van der Waals surface area (Å²) in [7, 11) is 0. The summed E-state index contributed by atoms with van der Waals surface area (Å²) in [4.78, 5) is 16.3. The molecule has 0 aliphatic rings. The second-order valence-corrected chi connectivity index (χ2v) is 4.92. The molecule has 1 aromatic heterocycles. The molecule has 1 atom stereocenters. The number of hydrogen-bond acceptors (Lipinski definition) is 4. The highest BCUT2D eigenvalue weighted by Crippen LogP contribution is 2.15. The van der Waals surface area contributed by atoms with E-state index in [1.807, 2.05) is 26.0 Å². The Kier molecular flexibility index (Phi) is 5.05. The summed E-state index contributed by atoms with van der Waals surface area (Å²) >= 11 is 0. The first-order valence-corrected chi connectivity index (χ1v) is 7.07. The minimum atomic E-state index is -0.147. The number of aryl methyl sites for hydroxylation is 1. The van der Waals surface area contributed by atoms with Gasteiger partial charge < -0.3 is 10.4 Å². The molecule has 0 fully saturated rings. The summed E-state index contributed by atoms with van der Waals surface area (Å²) in [6.45, 7) is 3.93. The lowest BCUT2D eigenvalue weighted by Gasteiger charge is -2.12. The minimum Gasteiger partial charge on any atom is -0.396 e. The van der Waals surface area contributed by atoms with Gasteiger partial charge in [0.05, 0.1) is 0 Å². The van der Waals surface area contributed by atoms with Crippen LogP contribution in [-0.4, -0.2) is 38.8 Å². The fourth-order valence-corrected chi connectivity index (χ4v) is 1.93. The molecule has 2 aromatic rings. The van der Waals surface area contributed by atoms with Gasteiger partial charge in [0, 0.05) is 30.2 Å². The Labute approximate surface area is 123 Å². The molecule has 0 spiro atoms. The van der Waals surface area contributed by atoms with E-state index >= 15 is 0 Å². The molecule has 1 amide bonds. The van der Waals surface area contributed by atoms with Crippen LogP contribution >= 0.6 is 0 Å². The number of amides is 1. The van der Waals surface area contributed by atoms with Crippen LogP contribution in [0.15, 0.2) is 24.3 Å². The summed E-state index contributed by atoms with van der Waals surface area (Å²) in [5, 5.41) is 18.7. The maximum atomic E-state index is 12.0. The van der Waals surface area contributed by atoms with E-state index < -0.39 is 0 Å². The summed E-state index contributed by atoms with van der Waals surface area (Å²) in [5.74, 6) is 1.32. The molecule has 0 radical (unpaired) electrons. The van der Waals surface area contributed by atoms with E-state index in [2.05, 4.69) is 20.5 Å². The van der Waals surface area contributed by atoms with Crippen LogP contribution in [-0.2, 0) is 6.42 Å². The van der Waals surface area contributed by atoms with Crippen LogP contribution in [0.4, 0.5) is 0 Å². The number of aromatic nitrogens is 3. The Hall–Kier alpha value is -2.21. The van der Waals surface area contributed by atoms with E-state index in [1.54, 1.807) is 12.1 Å². The third-order valence-electron chi connectivity index (χ3n) is 3.21. The fraction of sp³-hybridized carbons (Fsp3) is 0.400. The van der Waals surface area contributed by atoms with Gasteiger partial charge in [0.15, 0.2) is 5.82 Å². The standard InChI is InChI=1S/C15H20N4O2/c1-3-13-17-14(19-18-13)11-4-6-12(7-5-11)15(21)16-10(2)8-9-20/h4-7,10,20H,3,8-9H2,1-2H3,(H,16,21)(H,17,18,19)/t10-/m1/s1. The average Bonchev–Trinajstić information content (AvgIpc) is 2.96. The number of aliphatic hydroxyl groups is 1. The van der Waals surface area contributed by atoms with Crippen LogP contribution in [0, 0.1) is 0 Å². The highest BCUT2D eigenvalue weighted by atomic mass is 16.3. The van der Waals surface area contributed by atoms with Crippen LogP contribution in [0.3, 0.4) is 0 Å². The molecular formula is C15H20N4O2. The highest BCUT2D eigenvalue weighted by molar-refractivity contribution is 5.94. The molecule has 0 aliphatic carbocycles. The zero-order valence-electron chi connectivity index (χ0n) is 12.3. The number of aliphatic hydroxyl groups excluding tert-OH is 1. The Morgan fingerprint density at radius 2 is 2.10 bits per heavy atom. The molecule has 0 unspecified atom stereocenters. The number of nitrogens with zero attached hydrogens (tertiary/aromatic N) is 2. The molecule has 3 N–H and O–H groups in total. The molecule has 6 nitrogen and oxygen atoms in total. The quantitative estimate of drug-likeness (QED) is 0.752. The maximum absolute atomic E-state index is 12.0. The summed E-state index contributed by atoms with van der Waals surface area (Å²) in [5.41, 5.74) is 1.45. The first-order valence-electron chi connectivity index (χ1n) is 7.07. The van der Waals surface area contributed by atoms with Gasteiger partial charge in [-0.05, 0) is 25.5 Å². The van der Waals surface area contributed by atoms with Crippen LogP contribution < -0.4 is 5.32 Å². The number of H-pyrrole nitrogens is 1. The van der Waals surface area contributed by atoms with E-state index in [0.717, 1.165) is 17.8 Å². The fourth-order valence-electron chi connectivity index (χ4n) is 1.93. The van der Waals surface area contributed by atoms with Crippen LogP contribution in [0.2, 0.25) is 0 Å². The number of nitrogens with one attached hydrogen (secondary N) is 2. The predicted octanol–water partition coefficient (Wildman–Crippen LogP) is 1.53.